The molecule has 2 aromatic carbocycles. The second-order valence-corrected chi connectivity index (χ2v) is 9.46. The Morgan fingerprint density at radius 2 is 2.00 bits per heavy atom. The molecule has 2 atom stereocenters. The number of nitrogens with zero attached hydrogens (tertiary/aromatic N) is 4. The summed E-state index contributed by atoms with van der Waals surface area (Å²) in [4.78, 5) is 40.7. The van der Waals surface area contributed by atoms with Crippen LogP contribution in [0.3, 0.4) is 0 Å². The summed E-state index contributed by atoms with van der Waals surface area (Å²) in [7, 11) is 1.20. The van der Waals surface area contributed by atoms with E-state index in [9.17, 15) is 19.7 Å². The predicted octanol–water partition coefficient (Wildman–Crippen LogP) is 5.17. The normalized spacial score (nSPS) is 13.1. The molecule has 0 aliphatic carbocycles. The minimum atomic E-state index is -1.06. The van der Waals surface area contributed by atoms with Crippen molar-refractivity contribution in [1.82, 2.24) is 9.66 Å². The third kappa shape index (κ3) is 5.76. The van der Waals surface area contributed by atoms with Crippen LogP contribution in [0.15, 0.2) is 49.2 Å². The maximum Gasteiger partial charge on any atom is 0.346 e. The Kier molecular flexibility index (Phi) is 8.39. The van der Waals surface area contributed by atoms with Crippen molar-refractivity contribution >= 4 is 60.6 Å². The van der Waals surface area contributed by atoms with Crippen LogP contribution < -0.4 is 10.3 Å². The molecule has 12 heteroatoms. The molecule has 0 unspecified atom stereocenters. The molecular formula is C23H22Br2N4O6. The molecule has 0 fully saturated rings. The molecule has 0 bridgehead atoms. The predicted molar refractivity (Wildman–Crippen MR) is 138 cm³/mol. The maximum atomic E-state index is 13.3. The molecule has 0 aliphatic rings. The average Bonchev–Trinajstić information content (AvgIpc) is 2.83. The molecule has 0 saturated heterocycles. The lowest BCUT2D eigenvalue weighted by Crippen LogP contribution is -2.25. The van der Waals surface area contributed by atoms with Gasteiger partial charge in [0.1, 0.15) is 5.82 Å². The highest BCUT2D eigenvalue weighted by atomic mass is 79.9. The van der Waals surface area contributed by atoms with Crippen molar-refractivity contribution in [1.29, 1.82) is 0 Å². The van der Waals surface area contributed by atoms with Gasteiger partial charge in [-0.1, -0.05) is 29.8 Å². The highest BCUT2D eigenvalue weighted by molar-refractivity contribution is 9.10. The summed E-state index contributed by atoms with van der Waals surface area (Å²) in [5, 5.41) is 16.4. The van der Waals surface area contributed by atoms with Gasteiger partial charge in [0, 0.05) is 22.0 Å². The molecule has 0 spiro atoms. The number of ether oxygens (including phenoxy) is 2. The molecule has 1 aromatic heterocycles. The van der Waals surface area contributed by atoms with Crippen molar-refractivity contribution in [3.63, 3.8) is 0 Å². The number of carbonyl (C=O) groups excluding carboxylic acids is 1. The number of carbonyl (C=O) groups is 1. The van der Waals surface area contributed by atoms with Gasteiger partial charge in [-0.05, 0) is 53.5 Å². The Morgan fingerprint density at radius 3 is 2.63 bits per heavy atom. The van der Waals surface area contributed by atoms with Crippen molar-refractivity contribution in [3.05, 3.63) is 71.1 Å². The number of benzene rings is 2. The fourth-order valence-corrected chi connectivity index (χ4v) is 4.14. The first-order valence-electron chi connectivity index (χ1n) is 10.6. The second kappa shape index (κ2) is 11.1. The van der Waals surface area contributed by atoms with E-state index in [0.717, 1.165) is 10.9 Å². The highest BCUT2D eigenvalue weighted by Gasteiger charge is 2.25. The standard InChI is InChI=1S/C23H22Br2N4O6/c1-5-12(2)21-27-18-7-6-15(24)10-16(18)22(30)28(21)26-11-14-8-17(25)20(19(9-14)29(32)33)35-13(3)23(31)34-4/h6-13H,5H2,1-4H3/t12-,13+/m1/s1. The Bertz CT molecular complexity index is 1390. The Hall–Kier alpha value is -3.12. The number of methoxy groups -OCH3 is 1. The summed E-state index contributed by atoms with van der Waals surface area (Å²) in [6.07, 6.45) is 1.00. The van der Waals surface area contributed by atoms with Gasteiger partial charge >= 0.3 is 11.7 Å². The van der Waals surface area contributed by atoms with E-state index >= 15 is 0 Å². The molecular weight excluding hydrogens is 588 g/mol. The largest absolute Gasteiger partial charge is 0.471 e. The summed E-state index contributed by atoms with van der Waals surface area (Å²) in [5.41, 5.74) is 0.146. The Labute approximate surface area is 217 Å². The van der Waals surface area contributed by atoms with Crippen LogP contribution in [-0.4, -0.2) is 40.0 Å². The zero-order valence-corrected chi connectivity index (χ0v) is 22.5. The third-order valence-electron chi connectivity index (χ3n) is 5.28. The van der Waals surface area contributed by atoms with Gasteiger partial charge in [0.05, 0.1) is 33.6 Å². The van der Waals surface area contributed by atoms with E-state index in [-0.39, 0.29) is 27.4 Å². The van der Waals surface area contributed by atoms with Crippen molar-refractivity contribution in [3.8, 4) is 5.75 Å². The van der Waals surface area contributed by atoms with E-state index in [2.05, 4.69) is 46.7 Å². The molecule has 0 amide bonds. The Balaban J connectivity index is 2.11. The van der Waals surface area contributed by atoms with Gasteiger partial charge in [-0.15, -0.1) is 0 Å². The third-order valence-corrected chi connectivity index (χ3v) is 6.36. The van der Waals surface area contributed by atoms with Crippen LogP contribution in [-0.2, 0) is 9.53 Å². The first kappa shape index (κ1) is 26.5. The number of nitro groups is 1. The molecule has 184 valence electrons. The summed E-state index contributed by atoms with van der Waals surface area (Å²) in [5.74, 6) is -0.391. The molecule has 3 aromatic rings. The lowest BCUT2D eigenvalue weighted by molar-refractivity contribution is -0.386. The van der Waals surface area contributed by atoms with Gasteiger partial charge in [0.15, 0.2) is 6.10 Å². The van der Waals surface area contributed by atoms with Crippen LogP contribution in [0.25, 0.3) is 10.9 Å². The topological polar surface area (TPSA) is 126 Å². The van der Waals surface area contributed by atoms with Crippen molar-refractivity contribution < 1.29 is 19.2 Å². The summed E-state index contributed by atoms with van der Waals surface area (Å²) in [6, 6.07) is 8.02. The van der Waals surface area contributed by atoms with Crippen molar-refractivity contribution in [2.75, 3.05) is 7.11 Å². The van der Waals surface area contributed by atoms with Crippen LogP contribution in [0.2, 0.25) is 0 Å². The van der Waals surface area contributed by atoms with E-state index < -0.39 is 17.0 Å². The second-order valence-electron chi connectivity index (χ2n) is 7.69. The van der Waals surface area contributed by atoms with Gasteiger partial charge in [0.2, 0.25) is 5.75 Å². The number of esters is 1. The average molecular weight is 610 g/mol. The molecule has 0 saturated carbocycles. The number of aromatic nitrogens is 2. The van der Waals surface area contributed by atoms with E-state index in [4.69, 9.17) is 4.74 Å². The number of nitro benzene ring substituents is 1. The molecule has 35 heavy (non-hydrogen) atoms. The molecule has 0 radical (unpaired) electrons. The molecule has 0 aliphatic heterocycles. The fourth-order valence-electron chi connectivity index (χ4n) is 3.22. The Morgan fingerprint density at radius 1 is 1.29 bits per heavy atom. The van der Waals surface area contributed by atoms with Crippen LogP contribution in [0, 0.1) is 10.1 Å². The van der Waals surface area contributed by atoms with E-state index in [1.807, 2.05) is 19.9 Å². The van der Waals surface area contributed by atoms with Crippen molar-refractivity contribution in [2.45, 2.75) is 39.2 Å². The SMILES string of the molecule is CC[C@@H](C)c1nc2ccc(Br)cc2c(=O)n1N=Cc1cc(Br)c(O[C@@H](C)C(=O)OC)c([N+](=O)[O-])c1. The highest BCUT2D eigenvalue weighted by Crippen LogP contribution is 2.37. The smallest absolute Gasteiger partial charge is 0.346 e. The van der Waals surface area contributed by atoms with Crippen LogP contribution >= 0.6 is 31.9 Å². The first-order chi connectivity index (χ1) is 16.6. The zero-order chi connectivity index (χ0) is 25.9. The van der Waals surface area contributed by atoms with Crippen LogP contribution in [0.1, 0.15) is 44.5 Å². The molecule has 1 heterocycles. The zero-order valence-electron chi connectivity index (χ0n) is 19.3. The van der Waals surface area contributed by atoms with Gasteiger partial charge in [-0.2, -0.15) is 9.78 Å². The van der Waals surface area contributed by atoms with Crippen molar-refractivity contribution in [2.24, 2.45) is 5.10 Å². The van der Waals surface area contributed by atoms with Gasteiger partial charge in [-0.3, -0.25) is 14.9 Å². The quantitative estimate of drug-likeness (QED) is 0.149. The summed E-state index contributed by atoms with van der Waals surface area (Å²) >= 11 is 6.64. The lowest BCUT2D eigenvalue weighted by atomic mass is 10.1. The number of hydrogen-bond acceptors (Lipinski definition) is 8. The first-order valence-corrected chi connectivity index (χ1v) is 12.1. The minimum Gasteiger partial charge on any atom is -0.471 e. The van der Waals surface area contributed by atoms with Gasteiger partial charge in [0.25, 0.3) is 5.56 Å². The summed E-state index contributed by atoms with van der Waals surface area (Å²) < 4.78 is 12.3. The van der Waals surface area contributed by atoms with E-state index in [1.54, 1.807) is 12.1 Å². The number of halogens is 2. The number of rotatable bonds is 8. The van der Waals surface area contributed by atoms with Crippen LogP contribution in [0.4, 0.5) is 5.69 Å². The van der Waals surface area contributed by atoms with Crippen LogP contribution in [0.5, 0.6) is 5.75 Å². The fraction of sp³-hybridized carbons (Fsp3) is 0.304. The lowest BCUT2D eigenvalue weighted by Gasteiger charge is -2.15. The molecule has 10 nitrogen and oxygen atoms in total. The number of fused-ring (bicyclic) bond motifs is 1. The maximum absolute atomic E-state index is 13.3. The van der Waals surface area contributed by atoms with Gasteiger partial charge < -0.3 is 9.47 Å². The minimum absolute atomic E-state index is 0.0652. The van der Waals surface area contributed by atoms with E-state index in [0.29, 0.717) is 22.3 Å². The number of hydrogen-bond donors (Lipinski definition) is 0. The monoisotopic (exact) mass is 608 g/mol. The summed E-state index contributed by atoms with van der Waals surface area (Å²) in [6.45, 7) is 5.34. The molecule has 0 N–H and O–H groups in total. The van der Waals surface area contributed by atoms with Gasteiger partial charge in [-0.25, -0.2) is 9.78 Å². The molecule has 3 rings (SSSR count). The van der Waals surface area contributed by atoms with E-state index in [1.165, 1.54) is 37.1 Å².